The number of carbonyl (C=O) groups excluding carboxylic acids is 1. The Morgan fingerprint density at radius 3 is 2.42 bits per heavy atom. The van der Waals surface area contributed by atoms with Gasteiger partial charge < -0.3 is 24.6 Å². The van der Waals surface area contributed by atoms with Gasteiger partial charge in [0.05, 0.1) is 25.4 Å². The molecule has 0 saturated carbocycles. The fraction of sp³-hybridized carbons (Fsp3) is 0.286. The fourth-order valence-corrected chi connectivity index (χ4v) is 3.53. The van der Waals surface area contributed by atoms with Crippen molar-refractivity contribution in [1.82, 2.24) is 14.9 Å². The van der Waals surface area contributed by atoms with E-state index >= 15 is 0 Å². The molecule has 0 aliphatic carbocycles. The van der Waals surface area contributed by atoms with Gasteiger partial charge in [-0.3, -0.25) is 0 Å². The van der Waals surface area contributed by atoms with Crippen molar-refractivity contribution in [2.75, 3.05) is 50.6 Å². The van der Waals surface area contributed by atoms with E-state index in [1.54, 1.807) is 25.2 Å². The molecule has 1 aromatic heterocycles. The number of aromatic nitrogens is 2. The molecule has 1 aliphatic rings. The summed E-state index contributed by atoms with van der Waals surface area (Å²) in [5.74, 6) is 0.559. The second-order valence-electron chi connectivity index (χ2n) is 6.95. The second kappa shape index (κ2) is 8.58. The Balaban J connectivity index is 1.49. The van der Waals surface area contributed by atoms with Crippen molar-refractivity contribution in [2.45, 2.75) is 0 Å². The zero-order valence-corrected chi connectivity index (χ0v) is 17.1. The van der Waals surface area contributed by atoms with E-state index in [9.17, 15) is 13.6 Å². The number of amides is 2. The first-order valence-electron chi connectivity index (χ1n) is 9.63. The first-order chi connectivity index (χ1) is 15.0. The van der Waals surface area contributed by atoms with Gasteiger partial charge in [0.1, 0.15) is 23.8 Å². The number of anilines is 2. The van der Waals surface area contributed by atoms with Crippen molar-refractivity contribution in [3.05, 3.63) is 48.3 Å². The molecular formula is C21H21F2N5O3. The summed E-state index contributed by atoms with van der Waals surface area (Å²) in [5.41, 5.74) is 0.527. The topological polar surface area (TPSA) is 79.8 Å². The molecule has 0 bridgehead atoms. The van der Waals surface area contributed by atoms with Gasteiger partial charge in [-0.15, -0.1) is 0 Å². The third kappa shape index (κ3) is 4.14. The van der Waals surface area contributed by atoms with Gasteiger partial charge in [-0.2, -0.15) is 0 Å². The van der Waals surface area contributed by atoms with E-state index in [1.807, 2.05) is 11.0 Å². The van der Waals surface area contributed by atoms with Gasteiger partial charge in [-0.1, -0.05) is 0 Å². The summed E-state index contributed by atoms with van der Waals surface area (Å²) in [7, 11) is 3.12. The highest BCUT2D eigenvalue weighted by molar-refractivity contribution is 5.92. The summed E-state index contributed by atoms with van der Waals surface area (Å²) in [6.07, 6.45) is 1.48. The number of hydrogen-bond acceptors (Lipinski definition) is 6. The number of nitrogens with one attached hydrogen (secondary N) is 1. The first-order valence-corrected chi connectivity index (χ1v) is 9.63. The average Bonchev–Trinajstić information content (AvgIpc) is 2.80. The van der Waals surface area contributed by atoms with Gasteiger partial charge in [0.15, 0.2) is 11.5 Å². The number of benzene rings is 2. The molecule has 2 amide bonds. The van der Waals surface area contributed by atoms with Gasteiger partial charge in [-0.05, 0) is 18.2 Å². The van der Waals surface area contributed by atoms with Gasteiger partial charge in [-0.25, -0.2) is 23.5 Å². The van der Waals surface area contributed by atoms with Crippen LogP contribution in [-0.2, 0) is 0 Å². The lowest BCUT2D eigenvalue weighted by atomic mass is 10.2. The Bertz CT molecular complexity index is 1120. The highest BCUT2D eigenvalue weighted by atomic mass is 19.1. The summed E-state index contributed by atoms with van der Waals surface area (Å²) in [6, 6.07) is 6.07. The van der Waals surface area contributed by atoms with Gasteiger partial charge in [0, 0.05) is 43.7 Å². The highest BCUT2D eigenvalue weighted by Crippen LogP contribution is 2.35. The maximum Gasteiger partial charge on any atom is 0.322 e. The molecule has 8 nitrogen and oxygen atoms in total. The Morgan fingerprint density at radius 2 is 1.71 bits per heavy atom. The van der Waals surface area contributed by atoms with Crippen molar-refractivity contribution in [2.24, 2.45) is 0 Å². The molecule has 1 aliphatic heterocycles. The van der Waals surface area contributed by atoms with Crippen LogP contribution in [0.5, 0.6) is 11.5 Å². The minimum Gasteiger partial charge on any atom is -0.493 e. The van der Waals surface area contributed by atoms with E-state index in [2.05, 4.69) is 15.3 Å². The molecular weight excluding hydrogens is 408 g/mol. The van der Waals surface area contributed by atoms with E-state index < -0.39 is 17.7 Å². The molecule has 4 rings (SSSR count). The van der Waals surface area contributed by atoms with Crippen LogP contribution in [0.2, 0.25) is 0 Å². The number of methoxy groups -OCH3 is 2. The molecule has 0 spiro atoms. The fourth-order valence-electron chi connectivity index (χ4n) is 3.53. The second-order valence-corrected chi connectivity index (χ2v) is 6.95. The summed E-state index contributed by atoms with van der Waals surface area (Å²) < 4.78 is 37.9. The number of fused-ring (bicyclic) bond motifs is 1. The average molecular weight is 429 g/mol. The van der Waals surface area contributed by atoms with Crippen LogP contribution >= 0.6 is 0 Å². The lowest BCUT2D eigenvalue weighted by Gasteiger charge is -2.35. The lowest BCUT2D eigenvalue weighted by molar-refractivity contribution is 0.208. The van der Waals surface area contributed by atoms with Crippen molar-refractivity contribution in [3.63, 3.8) is 0 Å². The Kier molecular flexibility index (Phi) is 5.70. The molecule has 1 N–H and O–H groups in total. The largest absolute Gasteiger partial charge is 0.493 e. The lowest BCUT2D eigenvalue weighted by Crippen LogP contribution is -2.50. The first kappa shape index (κ1) is 20.6. The zero-order valence-electron chi connectivity index (χ0n) is 17.1. The number of carbonyl (C=O) groups is 1. The quantitative estimate of drug-likeness (QED) is 0.686. The van der Waals surface area contributed by atoms with Crippen LogP contribution in [0.3, 0.4) is 0 Å². The summed E-state index contributed by atoms with van der Waals surface area (Å²) in [4.78, 5) is 24.8. The van der Waals surface area contributed by atoms with Crippen LogP contribution in [0, 0.1) is 11.6 Å². The van der Waals surface area contributed by atoms with Crippen molar-refractivity contribution < 1.29 is 23.0 Å². The summed E-state index contributed by atoms with van der Waals surface area (Å²) in [6.45, 7) is 1.81. The Morgan fingerprint density at radius 1 is 1.00 bits per heavy atom. The molecule has 0 atom stereocenters. The third-order valence-electron chi connectivity index (χ3n) is 5.16. The standard InChI is InChI=1S/C21H21F2N5O3/c1-30-18-10-14-16(11-19(18)31-2)24-12-25-20(14)27-5-7-28(8-6-27)21(29)26-17-9-13(22)3-4-15(17)23/h3-4,9-12H,5-8H2,1-2H3,(H,26,29). The number of rotatable bonds is 4. The van der Waals surface area contributed by atoms with Crippen LogP contribution < -0.4 is 19.7 Å². The molecule has 31 heavy (non-hydrogen) atoms. The smallest absolute Gasteiger partial charge is 0.322 e. The van der Waals surface area contributed by atoms with Crippen LogP contribution in [0.1, 0.15) is 0 Å². The van der Waals surface area contributed by atoms with Gasteiger partial charge in [0.25, 0.3) is 0 Å². The molecule has 10 heteroatoms. The maximum absolute atomic E-state index is 13.8. The van der Waals surface area contributed by atoms with Crippen molar-refractivity contribution in [1.29, 1.82) is 0 Å². The molecule has 1 saturated heterocycles. The van der Waals surface area contributed by atoms with Crippen molar-refractivity contribution in [3.8, 4) is 11.5 Å². The normalized spacial score (nSPS) is 13.9. The van der Waals surface area contributed by atoms with Crippen LogP contribution in [-0.4, -0.2) is 61.3 Å². The monoisotopic (exact) mass is 429 g/mol. The number of halogens is 2. The highest BCUT2D eigenvalue weighted by Gasteiger charge is 2.24. The van der Waals surface area contributed by atoms with E-state index in [0.717, 1.165) is 29.4 Å². The molecule has 1 fully saturated rings. The Labute approximate surface area is 177 Å². The predicted octanol–water partition coefficient (Wildman–Crippen LogP) is 3.28. The van der Waals surface area contributed by atoms with Crippen LogP contribution in [0.25, 0.3) is 10.9 Å². The molecule has 2 aromatic carbocycles. The predicted molar refractivity (Wildman–Crippen MR) is 112 cm³/mol. The number of nitrogens with zero attached hydrogens (tertiary/aromatic N) is 4. The van der Waals surface area contributed by atoms with Crippen LogP contribution in [0.15, 0.2) is 36.7 Å². The minimum atomic E-state index is -0.690. The SMILES string of the molecule is COc1cc2ncnc(N3CCN(C(=O)Nc4cc(F)ccc4F)CC3)c2cc1OC. The number of hydrogen-bond donors (Lipinski definition) is 1. The maximum atomic E-state index is 13.8. The Hall–Kier alpha value is -3.69. The number of piperazine rings is 1. The zero-order chi connectivity index (χ0) is 22.0. The molecule has 3 aromatic rings. The van der Waals surface area contributed by atoms with Gasteiger partial charge >= 0.3 is 6.03 Å². The van der Waals surface area contributed by atoms with Gasteiger partial charge in [0.2, 0.25) is 0 Å². The van der Waals surface area contributed by atoms with E-state index in [-0.39, 0.29) is 5.69 Å². The summed E-state index contributed by atoms with van der Waals surface area (Å²) in [5, 5.41) is 3.24. The molecule has 162 valence electrons. The minimum absolute atomic E-state index is 0.185. The van der Waals surface area contributed by atoms with Crippen LogP contribution in [0.4, 0.5) is 25.1 Å². The van der Waals surface area contributed by atoms with E-state index in [0.29, 0.717) is 43.2 Å². The summed E-state index contributed by atoms with van der Waals surface area (Å²) >= 11 is 0. The van der Waals surface area contributed by atoms with Crippen molar-refractivity contribution >= 4 is 28.4 Å². The molecule has 0 unspecified atom stereocenters. The molecule has 2 heterocycles. The van der Waals surface area contributed by atoms with E-state index in [1.165, 1.54) is 6.33 Å². The van der Waals surface area contributed by atoms with E-state index in [4.69, 9.17) is 9.47 Å². The molecule has 0 radical (unpaired) electrons. The third-order valence-corrected chi connectivity index (χ3v) is 5.16. The number of urea groups is 1. The number of ether oxygens (including phenoxy) is 2.